The van der Waals surface area contributed by atoms with Crippen LogP contribution in [0.4, 0.5) is 0 Å². The van der Waals surface area contributed by atoms with Gasteiger partial charge in [0.2, 0.25) is 11.9 Å². The number of carbonyl (C=O) groups excluding carboxylic acids is 4. The molecule has 2 aromatic carbocycles. The summed E-state index contributed by atoms with van der Waals surface area (Å²) in [5.41, 5.74) is 3.17. The summed E-state index contributed by atoms with van der Waals surface area (Å²) < 4.78 is 28.2. The Morgan fingerprint density at radius 1 is 0.850 bits per heavy atom. The summed E-state index contributed by atoms with van der Waals surface area (Å²) in [6.45, 7) is 6.16. The van der Waals surface area contributed by atoms with Gasteiger partial charge in [-0.1, -0.05) is 53.2 Å². The van der Waals surface area contributed by atoms with Crippen LogP contribution >= 0.6 is 15.9 Å². The molecule has 11 heteroatoms. The Morgan fingerprint density at radius 2 is 1.43 bits per heavy atom. The van der Waals surface area contributed by atoms with Crippen molar-refractivity contribution in [1.82, 2.24) is 0 Å². The van der Waals surface area contributed by atoms with E-state index >= 15 is 0 Å². The molecular weight excluding hydrogens is 588 g/mol. The van der Waals surface area contributed by atoms with Crippen LogP contribution in [0.25, 0.3) is 0 Å². The second kappa shape index (κ2) is 13.4. The molecule has 5 atom stereocenters. The van der Waals surface area contributed by atoms with E-state index in [2.05, 4.69) is 22.9 Å². The number of aliphatic hydroxyl groups is 1. The van der Waals surface area contributed by atoms with Crippen molar-refractivity contribution < 1.29 is 48.0 Å². The summed E-state index contributed by atoms with van der Waals surface area (Å²) >= 11 is 3.55. The number of aryl methyl sites for hydroxylation is 1. The van der Waals surface area contributed by atoms with E-state index in [1.165, 1.54) is 12.5 Å². The van der Waals surface area contributed by atoms with Gasteiger partial charge in [0.1, 0.15) is 12.7 Å². The van der Waals surface area contributed by atoms with Gasteiger partial charge in [0.05, 0.1) is 0 Å². The Hall–Kier alpha value is -3.28. The van der Waals surface area contributed by atoms with Crippen LogP contribution in [0.5, 0.6) is 0 Å². The molecule has 1 fully saturated rings. The number of hydrogen-bond acceptors (Lipinski definition) is 10. The number of hydrogen-bond donors (Lipinski definition) is 1. The Bertz CT molecular complexity index is 1240. The molecule has 216 valence electrons. The van der Waals surface area contributed by atoms with E-state index in [1.807, 2.05) is 24.3 Å². The maximum atomic E-state index is 12.2. The molecule has 1 heterocycles. The minimum atomic E-state index is -2.39. The van der Waals surface area contributed by atoms with E-state index in [0.29, 0.717) is 6.42 Å². The van der Waals surface area contributed by atoms with Gasteiger partial charge in [0.15, 0.2) is 12.2 Å². The molecule has 10 nitrogen and oxygen atoms in total. The van der Waals surface area contributed by atoms with Crippen LogP contribution in [0.2, 0.25) is 0 Å². The number of carbonyl (C=O) groups is 4. The molecular formula is C29H33BrO10. The Balaban J connectivity index is 2.12. The van der Waals surface area contributed by atoms with Crippen molar-refractivity contribution in [1.29, 1.82) is 0 Å². The average Bonchev–Trinajstić information content (AvgIpc) is 2.87. The van der Waals surface area contributed by atoms with Gasteiger partial charge in [-0.15, -0.1) is 0 Å². The summed E-state index contributed by atoms with van der Waals surface area (Å²) in [7, 11) is 0. The Labute approximate surface area is 241 Å². The first-order valence-electron chi connectivity index (χ1n) is 12.8. The predicted molar refractivity (Wildman–Crippen MR) is 145 cm³/mol. The minimum absolute atomic E-state index is 0.174. The van der Waals surface area contributed by atoms with E-state index < -0.39 is 60.7 Å². The highest BCUT2D eigenvalue weighted by Gasteiger charge is 2.60. The van der Waals surface area contributed by atoms with E-state index in [4.69, 9.17) is 23.7 Å². The molecule has 1 N–H and O–H groups in total. The lowest BCUT2D eigenvalue weighted by Crippen LogP contribution is -2.66. The SMILES string of the molecule is CCc1ccc(Cc2cc([C@]3(O)O[C@H](COC(C)=O)[C@@H](OC(C)=O)[C@H](OC(C)=O)[C@H]3OC(C)=O)ccc2Br)cc1. The topological polar surface area (TPSA) is 135 Å². The summed E-state index contributed by atoms with van der Waals surface area (Å²) in [6, 6.07) is 13.1. The predicted octanol–water partition coefficient (Wildman–Crippen LogP) is 3.50. The first kappa shape index (κ1) is 31.3. The fourth-order valence-electron chi connectivity index (χ4n) is 4.56. The number of benzene rings is 2. The number of ether oxygens (including phenoxy) is 5. The summed E-state index contributed by atoms with van der Waals surface area (Å²) in [5, 5.41) is 12.1. The monoisotopic (exact) mass is 620 g/mol. The van der Waals surface area contributed by atoms with Gasteiger partial charge >= 0.3 is 23.9 Å². The molecule has 0 spiro atoms. The van der Waals surface area contributed by atoms with Gasteiger partial charge in [-0.2, -0.15) is 0 Å². The van der Waals surface area contributed by atoms with Gasteiger partial charge in [0.25, 0.3) is 0 Å². The fourth-order valence-corrected chi connectivity index (χ4v) is 4.95. The smallest absolute Gasteiger partial charge is 0.303 e. The third-order valence-corrected chi connectivity index (χ3v) is 7.11. The van der Waals surface area contributed by atoms with Crippen molar-refractivity contribution in [2.75, 3.05) is 6.61 Å². The Morgan fingerprint density at radius 3 is 1.98 bits per heavy atom. The molecule has 0 bridgehead atoms. The average molecular weight is 621 g/mol. The molecule has 0 unspecified atom stereocenters. The van der Waals surface area contributed by atoms with Crippen molar-refractivity contribution in [3.05, 3.63) is 69.2 Å². The zero-order valence-electron chi connectivity index (χ0n) is 23.0. The minimum Gasteiger partial charge on any atom is -0.463 e. The van der Waals surface area contributed by atoms with Crippen LogP contribution < -0.4 is 0 Å². The van der Waals surface area contributed by atoms with Crippen LogP contribution in [-0.2, 0) is 61.5 Å². The number of rotatable bonds is 9. The molecule has 40 heavy (non-hydrogen) atoms. The lowest BCUT2D eigenvalue weighted by atomic mass is 9.86. The maximum absolute atomic E-state index is 12.2. The third kappa shape index (κ3) is 7.67. The summed E-state index contributed by atoms with van der Waals surface area (Å²) in [6.07, 6.45) is -4.41. The van der Waals surface area contributed by atoms with Crippen LogP contribution in [0, 0.1) is 0 Å². The Kier molecular flexibility index (Phi) is 10.5. The lowest BCUT2D eigenvalue weighted by molar-refractivity contribution is -0.360. The number of halogens is 1. The van der Waals surface area contributed by atoms with Crippen molar-refractivity contribution in [3.63, 3.8) is 0 Å². The summed E-state index contributed by atoms with van der Waals surface area (Å²) in [5.74, 6) is -5.40. The van der Waals surface area contributed by atoms with Crippen LogP contribution in [0.1, 0.15) is 56.9 Å². The molecule has 1 saturated heterocycles. The zero-order valence-corrected chi connectivity index (χ0v) is 24.6. The van der Waals surface area contributed by atoms with Crippen molar-refractivity contribution in [3.8, 4) is 0 Å². The molecule has 0 saturated carbocycles. The molecule has 0 aromatic heterocycles. The first-order chi connectivity index (χ1) is 18.8. The molecule has 0 radical (unpaired) electrons. The second-order valence-corrected chi connectivity index (χ2v) is 10.3. The molecule has 0 amide bonds. The van der Waals surface area contributed by atoms with Crippen molar-refractivity contribution in [2.24, 2.45) is 0 Å². The van der Waals surface area contributed by atoms with Gasteiger partial charge < -0.3 is 28.8 Å². The van der Waals surface area contributed by atoms with Gasteiger partial charge in [-0.25, -0.2) is 0 Å². The van der Waals surface area contributed by atoms with E-state index in [1.54, 1.807) is 18.2 Å². The van der Waals surface area contributed by atoms with Crippen molar-refractivity contribution in [2.45, 2.75) is 77.7 Å². The zero-order chi connectivity index (χ0) is 29.6. The highest BCUT2D eigenvalue weighted by molar-refractivity contribution is 9.10. The van der Waals surface area contributed by atoms with Crippen molar-refractivity contribution >= 4 is 39.8 Å². The fraction of sp³-hybridized carbons (Fsp3) is 0.448. The van der Waals surface area contributed by atoms with Crippen LogP contribution in [0.15, 0.2) is 46.9 Å². The highest BCUT2D eigenvalue weighted by atomic mass is 79.9. The molecule has 2 aromatic rings. The van der Waals surface area contributed by atoms with E-state index in [-0.39, 0.29) is 5.56 Å². The quantitative estimate of drug-likeness (QED) is 0.328. The van der Waals surface area contributed by atoms with Gasteiger partial charge in [0, 0.05) is 37.7 Å². The van der Waals surface area contributed by atoms with Gasteiger partial charge in [-0.3, -0.25) is 19.2 Å². The normalized spacial score (nSPS) is 24.1. The standard InChI is InChI=1S/C29H33BrO10/c1-6-20-7-9-21(10-8-20)13-22-14-23(11-12-24(22)30)29(35)28(39-19(5)34)27(38-18(4)33)26(37-17(3)32)25(40-29)15-36-16(2)31/h7-12,14,25-28,35H,6,13,15H2,1-5H3/t25-,26-,27+,28-,29+/m1/s1. The lowest BCUT2D eigenvalue weighted by Gasteiger charge is -2.48. The van der Waals surface area contributed by atoms with E-state index in [9.17, 15) is 24.3 Å². The maximum Gasteiger partial charge on any atom is 0.303 e. The highest BCUT2D eigenvalue weighted by Crippen LogP contribution is 2.42. The molecule has 1 aliphatic heterocycles. The molecule has 1 aliphatic rings. The van der Waals surface area contributed by atoms with Gasteiger partial charge in [-0.05, 0) is 41.7 Å². The first-order valence-corrected chi connectivity index (χ1v) is 13.5. The van der Waals surface area contributed by atoms with Crippen LogP contribution in [0.3, 0.4) is 0 Å². The molecule has 3 rings (SSSR count). The van der Waals surface area contributed by atoms with E-state index in [0.717, 1.165) is 42.8 Å². The molecule has 0 aliphatic carbocycles. The number of esters is 4. The second-order valence-electron chi connectivity index (χ2n) is 9.49. The third-order valence-electron chi connectivity index (χ3n) is 6.34. The summed E-state index contributed by atoms with van der Waals surface area (Å²) in [4.78, 5) is 47.9. The largest absolute Gasteiger partial charge is 0.463 e. The van der Waals surface area contributed by atoms with Crippen LogP contribution in [-0.4, -0.2) is 60.0 Å².